The number of nitrogens with two attached hydrogens (primary N) is 1. The minimum absolute atomic E-state index is 0.177. The summed E-state index contributed by atoms with van der Waals surface area (Å²) in [6.07, 6.45) is 0. The topological polar surface area (TPSA) is 102 Å². The highest BCUT2D eigenvalue weighted by molar-refractivity contribution is 7.87. The highest BCUT2D eigenvalue weighted by Gasteiger charge is 2.20. The van der Waals surface area contributed by atoms with Crippen LogP contribution in [0.4, 0.5) is 0 Å². The molecule has 0 aromatic heterocycles. The Bertz CT molecular complexity index is 1200. The van der Waals surface area contributed by atoms with Gasteiger partial charge in [-0.25, -0.2) is 10.6 Å². The van der Waals surface area contributed by atoms with Crippen molar-refractivity contribution < 1.29 is 17.9 Å². The van der Waals surface area contributed by atoms with Crippen LogP contribution >= 0.6 is 0 Å². The maximum absolute atomic E-state index is 12.5. The summed E-state index contributed by atoms with van der Waals surface area (Å²) in [5.41, 5.74) is 2.39. The van der Waals surface area contributed by atoms with Crippen molar-refractivity contribution in [2.24, 2.45) is 5.84 Å². The van der Waals surface area contributed by atoms with Crippen molar-refractivity contribution in [1.29, 1.82) is 0 Å². The molecular weight excluding hydrogens is 402 g/mol. The highest BCUT2D eigenvalue weighted by Crippen LogP contribution is 2.20. The van der Waals surface area contributed by atoms with E-state index in [0.717, 1.165) is 11.1 Å². The first-order chi connectivity index (χ1) is 14.4. The Morgan fingerprint density at radius 1 is 0.967 bits per heavy atom. The van der Waals surface area contributed by atoms with E-state index >= 15 is 0 Å². The fourth-order valence-corrected chi connectivity index (χ4v) is 3.17. The van der Waals surface area contributed by atoms with Crippen molar-refractivity contribution in [2.75, 3.05) is 7.11 Å². The van der Waals surface area contributed by atoms with Gasteiger partial charge in [-0.3, -0.25) is 4.79 Å². The zero-order valence-electron chi connectivity index (χ0n) is 16.1. The van der Waals surface area contributed by atoms with Crippen LogP contribution < -0.4 is 15.3 Å². The van der Waals surface area contributed by atoms with Crippen molar-refractivity contribution in [1.82, 2.24) is 9.14 Å². The summed E-state index contributed by atoms with van der Waals surface area (Å²) in [5, 5.41) is 0. The Balaban J connectivity index is 1.73. The van der Waals surface area contributed by atoms with Crippen molar-refractivity contribution in [3.05, 3.63) is 90.0 Å². The zero-order chi connectivity index (χ0) is 21.6. The molecule has 0 bridgehead atoms. The predicted octanol–water partition coefficient (Wildman–Crippen LogP) is 2.52. The summed E-state index contributed by atoms with van der Waals surface area (Å²) in [5.74, 6) is 7.98. The fraction of sp³-hybridized carbons (Fsp3) is 0.0455. The molecule has 1 amide bonds. The Hall–Kier alpha value is -3.80. The van der Waals surface area contributed by atoms with Gasteiger partial charge in [-0.1, -0.05) is 42.5 Å². The smallest absolute Gasteiger partial charge is 0.346 e. The lowest BCUT2D eigenvalue weighted by molar-refractivity contribution is 0.0980. The lowest BCUT2D eigenvalue weighted by atomic mass is 10.0. The number of nitrogens with zero attached hydrogens (tertiary/aromatic N) is 1. The summed E-state index contributed by atoms with van der Waals surface area (Å²) in [4.78, 5) is 12.5. The highest BCUT2D eigenvalue weighted by atomic mass is 32.2. The van der Waals surface area contributed by atoms with E-state index in [2.05, 4.69) is 12.0 Å². The molecule has 0 spiro atoms. The molecule has 0 atom stereocenters. The first kappa shape index (κ1) is 20.9. The molecule has 0 unspecified atom stereocenters. The number of hydrogen-bond acceptors (Lipinski definition) is 5. The van der Waals surface area contributed by atoms with Crippen LogP contribution in [0.1, 0.15) is 15.9 Å². The van der Waals surface area contributed by atoms with Gasteiger partial charge >= 0.3 is 10.2 Å². The third-order valence-electron chi connectivity index (χ3n) is 4.11. The van der Waals surface area contributed by atoms with E-state index in [0.29, 0.717) is 11.3 Å². The molecule has 8 heteroatoms. The molecule has 3 aromatic rings. The van der Waals surface area contributed by atoms with E-state index in [1.165, 1.54) is 13.2 Å². The standard InChI is InChI=1S/C22H19N3O4S/c1-29-21-12-10-17(11-13-21)14-15-25(23)30(27,28)24-22(26)20-9-5-8-19(16-20)18-6-3-2-4-7-18/h2-13,16H,23H2,1H3,(H,24,26). The van der Waals surface area contributed by atoms with Gasteiger partial charge in [0.2, 0.25) is 0 Å². The monoisotopic (exact) mass is 421 g/mol. The number of hydrazine groups is 1. The molecule has 3 rings (SSSR count). The number of hydrogen-bond donors (Lipinski definition) is 2. The minimum Gasteiger partial charge on any atom is -0.497 e. The quantitative estimate of drug-likeness (QED) is 0.285. The largest absolute Gasteiger partial charge is 0.497 e. The molecule has 0 saturated heterocycles. The molecule has 0 aliphatic rings. The molecule has 0 aliphatic carbocycles. The van der Waals surface area contributed by atoms with Gasteiger partial charge in [-0.2, -0.15) is 8.42 Å². The van der Waals surface area contributed by atoms with Crippen molar-refractivity contribution in [3.8, 4) is 28.8 Å². The maximum Gasteiger partial charge on any atom is 0.346 e. The van der Waals surface area contributed by atoms with Gasteiger partial charge in [0.05, 0.1) is 7.11 Å². The SMILES string of the molecule is COc1ccc(C#CN(N)S(=O)(=O)NC(=O)c2cccc(-c3ccccc3)c2)cc1. The first-order valence-electron chi connectivity index (χ1n) is 8.82. The predicted molar refractivity (Wildman–Crippen MR) is 114 cm³/mol. The van der Waals surface area contributed by atoms with Crippen LogP contribution in [0.3, 0.4) is 0 Å². The lowest BCUT2D eigenvalue weighted by Gasteiger charge is -2.13. The number of rotatable bonds is 5. The van der Waals surface area contributed by atoms with Crippen molar-refractivity contribution >= 4 is 16.1 Å². The maximum atomic E-state index is 12.5. The molecule has 0 fully saturated rings. The van der Waals surface area contributed by atoms with Crippen LogP contribution in [-0.4, -0.2) is 25.8 Å². The third-order valence-corrected chi connectivity index (χ3v) is 5.17. The van der Waals surface area contributed by atoms with E-state index in [4.69, 9.17) is 10.6 Å². The van der Waals surface area contributed by atoms with Crippen molar-refractivity contribution in [2.45, 2.75) is 0 Å². The number of ether oxygens (including phenoxy) is 1. The van der Waals surface area contributed by atoms with E-state index in [1.54, 1.807) is 36.4 Å². The molecule has 0 saturated carbocycles. The second-order valence-electron chi connectivity index (χ2n) is 6.14. The second kappa shape index (κ2) is 9.13. The zero-order valence-corrected chi connectivity index (χ0v) is 16.9. The van der Waals surface area contributed by atoms with Gasteiger partial charge in [0.1, 0.15) is 5.75 Å². The number of nitrogens with one attached hydrogen (secondary N) is 1. The van der Waals surface area contributed by atoms with E-state index in [1.807, 2.05) is 41.1 Å². The number of carbonyl (C=O) groups is 1. The molecule has 30 heavy (non-hydrogen) atoms. The number of amides is 1. The van der Waals surface area contributed by atoms with Gasteiger partial charge in [0.25, 0.3) is 5.91 Å². The fourth-order valence-electron chi connectivity index (χ4n) is 2.55. The average molecular weight is 421 g/mol. The van der Waals surface area contributed by atoms with Crippen LogP contribution in [0.25, 0.3) is 11.1 Å². The van der Waals surface area contributed by atoms with Crippen molar-refractivity contribution in [3.63, 3.8) is 0 Å². The molecule has 3 N–H and O–H groups in total. The first-order valence-corrected chi connectivity index (χ1v) is 10.3. The Kier molecular flexibility index (Phi) is 6.37. The van der Waals surface area contributed by atoms with Gasteiger partial charge in [0, 0.05) is 17.2 Å². The van der Waals surface area contributed by atoms with E-state index < -0.39 is 16.1 Å². The normalized spacial score (nSPS) is 10.5. The molecule has 7 nitrogen and oxygen atoms in total. The van der Waals surface area contributed by atoms with E-state index in [-0.39, 0.29) is 9.98 Å². The molecular formula is C22H19N3O4S. The molecule has 152 valence electrons. The molecule has 0 radical (unpaired) electrons. The minimum atomic E-state index is -4.35. The number of carbonyl (C=O) groups excluding carboxylic acids is 1. The summed E-state index contributed by atoms with van der Waals surface area (Å²) in [6.45, 7) is 0. The Morgan fingerprint density at radius 3 is 2.30 bits per heavy atom. The third kappa shape index (κ3) is 5.17. The van der Waals surface area contributed by atoms with Gasteiger partial charge in [-0.15, -0.1) is 4.41 Å². The van der Waals surface area contributed by atoms with E-state index in [9.17, 15) is 13.2 Å². The van der Waals surface area contributed by atoms with Crippen LogP contribution in [0, 0.1) is 12.0 Å². The van der Waals surface area contributed by atoms with Gasteiger partial charge in [0.15, 0.2) is 0 Å². The molecule has 3 aromatic carbocycles. The van der Waals surface area contributed by atoms with Gasteiger partial charge < -0.3 is 4.74 Å². The lowest BCUT2D eigenvalue weighted by Crippen LogP contribution is -2.44. The number of methoxy groups -OCH3 is 1. The van der Waals surface area contributed by atoms with Crippen LogP contribution in [0.15, 0.2) is 78.9 Å². The van der Waals surface area contributed by atoms with Gasteiger partial charge in [-0.05, 0) is 53.4 Å². The Morgan fingerprint density at radius 2 is 1.63 bits per heavy atom. The summed E-state index contributed by atoms with van der Waals surface area (Å²) in [7, 11) is -2.82. The van der Waals surface area contributed by atoms with Crippen LogP contribution in [0.5, 0.6) is 5.75 Å². The summed E-state index contributed by atoms with van der Waals surface area (Å²) >= 11 is 0. The molecule has 0 heterocycles. The molecule has 0 aliphatic heterocycles. The van der Waals surface area contributed by atoms with Crippen LogP contribution in [0.2, 0.25) is 0 Å². The summed E-state index contributed by atoms with van der Waals surface area (Å²) < 4.78 is 31.9. The average Bonchev–Trinajstić information content (AvgIpc) is 2.78. The van der Waals surface area contributed by atoms with Crippen LogP contribution in [-0.2, 0) is 10.2 Å². The summed E-state index contributed by atoms with van der Waals surface area (Å²) in [6, 6.07) is 25.0. The Labute approximate surface area is 175 Å². The number of benzene rings is 3. The second-order valence-corrected chi connectivity index (χ2v) is 7.69.